The van der Waals surface area contributed by atoms with Crippen molar-refractivity contribution in [2.24, 2.45) is 7.05 Å². The van der Waals surface area contributed by atoms with Gasteiger partial charge in [-0.2, -0.15) is 5.10 Å². The number of nitrogens with zero attached hydrogens (tertiary/aromatic N) is 2. The number of hydrogen-bond donors (Lipinski definition) is 0. The SMILES string of the molecule is Cn1ncc(Cl)c1C(=O)c1ccc(Cl)o1. The Bertz CT molecular complexity index is 496. The lowest BCUT2D eigenvalue weighted by molar-refractivity contribution is 0.100. The second kappa shape index (κ2) is 3.72. The molecule has 2 aromatic heterocycles. The lowest BCUT2D eigenvalue weighted by Crippen LogP contribution is -2.07. The minimum atomic E-state index is -0.341. The predicted octanol–water partition coefficient (Wildman–Crippen LogP) is 2.55. The molecule has 0 amide bonds. The minimum absolute atomic E-state index is 0.144. The summed E-state index contributed by atoms with van der Waals surface area (Å²) in [6.07, 6.45) is 1.40. The second-order valence-electron chi connectivity index (χ2n) is 2.90. The molecule has 0 spiro atoms. The van der Waals surface area contributed by atoms with Crippen LogP contribution >= 0.6 is 23.2 Å². The average molecular weight is 245 g/mol. The monoisotopic (exact) mass is 244 g/mol. The summed E-state index contributed by atoms with van der Waals surface area (Å²) in [5.74, 6) is -0.197. The molecule has 0 aliphatic carbocycles. The Morgan fingerprint density at radius 2 is 2.20 bits per heavy atom. The highest BCUT2D eigenvalue weighted by molar-refractivity contribution is 6.34. The van der Waals surface area contributed by atoms with Gasteiger partial charge in [0.1, 0.15) is 5.69 Å². The van der Waals surface area contributed by atoms with E-state index in [2.05, 4.69) is 5.10 Å². The summed E-state index contributed by atoms with van der Waals surface area (Å²) in [7, 11) is 1.63. The van der Waals surface area contributed by atoms with Crippen molar-refractivity contribution in [1.29, 1.82) is 0 Å². The molecule has 0 fully saturated rings. The molecule has 4 nitrogen and oxygen atoms in total. The van der Waals surface area contributed by atoms with Gasteiger partial charge in [-0.05, 0) is 23.7 Å². The minimum Gasteiger partial charge on any atom is -0.441 e. The summed E-state index contributed by atoms with van der Waals surface area (Å²) in [6, 6.07) is 2.99. The molecule has 0 atom stereocenters. The summed E-state index contributed by atoms with van der Waals surface area (Å²) >= 11 is 11.4. The average Bonchev–Trinajstić information content (AvgIpc) is 2.73. The number of ketones is 1. The molecule has 0 N–H and O–H groups in total. The van der Waals surface area contributed by atoms with Crippen molar-refractivity contribution in [3.05, 3.63) is 40.0 Å². The largest absolute Gasteiger partial charge is 0.441 e. The number of carbonyl (C=O) groups is 1. The fraction of sp³-hybridized carbons (Fsp3) is 0.111. The Kier molecular flexibility index (Phi) is 2.54. The van der Waals surface area contributed by atoms with E-state index in [1.807, 2.05) is 0 Å². The van der Waals surface area contributed by atoms with Crippen molar-refractivity contribution in [2.45, 2.75) is 0 Å². The van der Waals surface area contributed by atoms with Crippen LogP contribution in [-0.2, 0) is 7.05 Å². The molecule has 78 valence electrons. The number of rotatable bonds is 2. The lowest BCUT2D eigenvalue weighted by atomic mass is 10.2. The van der Waals surface area contributed by atoms with Gasteiger partial charge in [0.2, 0.25) is 5.78 Å². The quantitative estimate of drug-likeness (QED) is 0.764. The zero-order valence-electron chi connectivity index (χ0n) is 7.70. The molecule has 2 heterocycles. The third kappa shape index (κ3) is 1.78. The number of aromatic nitrogens is 2. The Labute approximate surface area is 95.4 Å². The van der Waals surface area contributed by atoms with Gasteiger partial charge in [0.05, 0.1) is 11.2 Å². The van der Waals surface area contributed by atoms with Gasteiger partial charge in [-0.25, -0.2) is 0 Å². The van der Waals surface area contributed by atoms with Crippen LogP contribution in [0.4, 0.5) is 0 Å². The van der Waals surface area contributed by atoms with Gasteiger partial charge in [0, 0.05) is 7.05 Å². The number of hydrogen-bond acceptors (Lipinski definition) is 3. The zero-order chi connectivity index (χ0) is 11.0. The topological polar surface area (TPSA) is 48.0 Å². The molecule has 0 bridgehead atoms. The number of furan rings is 1. The van der Waals surface area contributed by atoms with Gasteiger partial charge in [-0.15, -0.1) is 0 Å². The molecule has 2 rings (SSSR count). The first kappa shape index (κ1) is 10.3. The fourth-order valence-electron chi connectivity index (χ4n) is 1.22. The molecule has 0 saturated heterocycles. The standard InChI is InChI=1S/C9H6Cl2N2O2/c1-13-8(5(10)4-12-13)9(14)6-2-3-7(11)15-6/h2-4H,1H3. The van der Waals surface area contributed by atoms with Crippen molar-refractivity contribution in [3.63, 3.8) is 0 Å². The molecular weight excluding hydrogens is 239 g/mol. The molecular formula is C9H6Cl2N2O2. The van der Waals surface area contributed by atoms with Crippen LogP contribution in [0, 0.1) is 0 Å². The molecule has 0 aliphatic rings. The van der Waals surface area contributed by atoms with Crippen LogP contribution in [0.1, 0.15) is 16.2 Å². The molecule has 0 saturated carbocycles. The van der Waals surface area contributed by atoms with E-state index in [1.54, 1.807) is 7.05 Å². The summed E-state index contributed by atoms with van der Waals surface area (Å²) in [5, 5.41) is 4.31. The Balaban J connectivity index is 2.45. The van der Waals surface area contributed by atoms with Gasteiger partial charge < -0.3 is 4.42 Å². The highest BCUT2D eigenvalue weighted by atomic mass is 35.5. The molecule has 0 radical (unpaired) electrons. The van der Waals surface area contributed by atoms with E-state index in [0.717, 1.165) is 0 Å². The summed E-state index contributed by atoms with van der Waals surface area (Å²) < 4.78 is 6.39. The van der Waals surface area contributed by atoms with Gasteiger partial charge in [0.25, 0.3) is 0 Å². The van der Waals surface area contributed by atoms with Crippen LogP contribution in [0.2, 0.25) is 10.2 Å². The maximum atomic E-state index is 11.9. The van der Waals surface area contributed by atoms with E-state index in [0.29, 0.717) is 0 Å². The van der Waals surface area contributed by atoms with Crippen molar-refractivity contribution < 1.29 is 9.21 Å². The van der Waals surface area contributed by atoms with Crippen LogP contribution in [0.5, 0.6) is 0 Å². The maximum Gasteiger partial charge on any atom is 0.247 e. The third-order valence-corrected chi connectivity index (χ3v) is 2.39. The Morgan fingerprint density at radius 1 is 1.47 bits per heavy atom. The van der Waals surface area contributed by atoms with E-state index < -0.39 is 0 Å². The van der Waals surface area contributed by atoms with E-state index in [-0.39, 0.29) is 27.5 Å². The van der Waals surface area contributed by atoms with Crippen molar-refractivity contribution in [1.82, 2.24) is 9.78 Å². The number of carbonyl (C=O) groups excluding carboxylic acids is 1. The van der Waals surface area contributed by atoms with Crippen molar-refractivity contribution in [2.75, 3.05) is 0 Å². The van der Waals surface area contributed by atoms with Crippen LogP contribution in [0.25, 0.3) is 0 Å². The first-order valence-corrected chi connectivity index (χ1v) is 4.82. The van der Waals surface area contributed by atoms with Gasteiger partial charge in [-0.3, -0.25) is 9.48 Å². The molecule has 0 aliphatic heterocycles. The molecule has 6 heteroatoms. The Morgan fingerprint density at radius 3 is 2.67 bits per heavy atom. The van der Waals surface area contributed by atoms with Crippen molar-refractivity contribution in [3.8, 4) is 0 Å². The fourth-order valence-corrected chi connectivity index (χ4v) is 1.62. The van der Waals surface area contributed by atoms with E-state index in [4.69, 9.17) is 27.6 Å². The lowest BCUT2D eigenvalue weighted by Gasteiger charge is -1.98. The normalized spacial score (nSPS) is 10.6. The van der Waals surface area contributed by atoms with Crippen LogP contribution in [0.3, 0.4) is 0 Å². The third-order valence-electron chi connectivity index (χ3n) is 1.91. The first-order chi connectivity index (χ1) is 7.09. The van der Waals surface area contributed by atoms with Gasteiger partial charge in [-0.1, -0.05) is 11.6 Å². The number of aryl methyl sites for hydroxylation is 1. The molecule has 15 heavy (non-hydrogen) atoms. The molecule has 0 unspecified atom stereocenters. The van der Waals surface area contributed by atoms with E-state index >= 15 is 0 Å². The van der Waals surface area contributed by atoms with E-state index in [1.165, 1.54) is 23.0 Å². The summed E-state index contributed by atoms with van der Waals surface area (Å²) in [4.78, 5) is 11.9. The Hall–Kier alpha value is -1.26. The van der Waals surface area contributed by atoms with E-state index in [9.17, 15) is 4.79 Å². The summed E-state index contributed by atoms with van der Waals surface area (Å²) in [5.41, 5.74) is 0.280. The first-order valence-electron chi connectivity index (χ1n) is 4.07. The maximum absolute atomic E-state index is 11.9. The predicted molar refractivity (Wildman–Crippen MR) is 55.4 cm³/mol. The smallest absolute Gasteiger partial charge is 0.247 e. The van der Waals surface area contributed by atoms with Gasteiger partial charge >= 0.3 is 0 Å². The highest BCUT2D eigenvalue weighted by Crippen LogP contribution is 2.21. The summed E-state index contributed by atoms with van der Waals surface area (Å²) in [6.45, 7) is 0. The zero-order valence-corrected chi connectivity index (χ0v) is 9.21. The second-order valence-corrected chi connectivity index (χ2v) is 3.68. The number of halogens is 2. The van der Waals surface area contributed by atoms with Crippen molar-refractivity contribution >= 4 is 29.0 Å². The molecule has 0 aromatic carbocycles. The van der Waals surface area contributed by atoms with Crippen LogP contribution in [0.15, 0.2) is 22.7 Å². The molecule has 2 aromatic rings. The highest BCUT2D eigenvalue weighted by Gasteiger charge is 2.20. The van der Waals surface area contributed by atoms with Crippen LogP contribution < -0.4 is 0 Å². The van der Waals surface area contributed by atoms with Gasteiger partial charge in [0.15, 0.2) is 11.0 Å². The van der Waals surface area contributed by atoms with Crippen LogP contribution in [-0.4, -0.2) is 15.6 Å².